The molecule has 0 aliphatic heterocycles. The standard InChI is InChI=1S/C18H17N3O2S/c19-17(24)21-16-10-8-14(9-11-16)7-4-12-20-18(22)23-13-15-5-2-1-3-6-15/h1-3,5-6,8-11H,12-13H2,(H,20,22)(H3,19,21,24). The minimum Gasteiger partial charge on any atom is -0.445 e. The largest absolute Gasteiger partial charge is 0.445 e. The minimum absolute atomic E-state index is 0.209. The van der Waals surface area contributed by atoms with Gasteiger partial charge in [0, 0.05) is 11.3 Å². The van der Waals surface area contributed by atoms with Crippen molar-refractivity contribution in [1.82, 2.24) is 5.32 Å². The van der Waals surface area contributed by atoms with Crippen LogP contribution in [0.1, 0.15) is 11.1 Å². The number of thiocarbonyl (C=S) groups is 1. The second-order valence-corrected chi connectivity index (χ2v) is 5.22. The Labute approximate surface area is 146 Å². The van der Waals surface area contributed by atoms with Crippen molar-refractivity contribution >= 4 is 29.1 Å². The van der Waals surface area contributed by atoms with Crippen LogP contribution in [-0.2, 0) is 11.3 Å². The summed E-state index contributed by atoms with van der Waals surface area (Å²) in [6, 6.07) is 16.8. The number of benzene rings is 2. The van der Waals surface area contributed by atoms with Gasteiger partial charge in [-0.05, 0) is 42.0 Å². The van der Waals surface area contributed by atoms with Crippen LogP contribution in [0.2, 0.25) is 0 Å². The molecule has 0 heterocycles. The second-order valence-electron chi connectivity index (χ2n) is 4.78. The van der Waals surface area contributed by atoms with E-state index in [0.717, 1.165) is 16.8 Å². The van der Waals surface area contributed by atoms with E-state index in [4.69, 9.17) is 22.7 Å². The van der Waals surface area contributed by atoms with E-state index in [0.29, 0.717) is 0 Å². The Morgan fingerprint density at radius 3 is 2.50 bits per heavy atom. The lowest BCUT2D eigenvalue weighted by molar-refractivity contribution is 0.141. The van der Waals surface area contributed by atoms with Crippen LogP contribution in [0.3, 0.4) is 0 Å². The summed E-state index contributed by atoms with van der Waals surface area (Å²) in [4.78, 5) is 11.5. The number of amides is 1. The van der Waals surface area contributed by atoms with Gasteiger partial charge in [-0.2, -0.15) is 0 Å². The van der Waals surface area contributed by atoms with Crippen LogP contribution in [0, 0.1) is 11.8 Å². The summed E-state index contributed by atoms with van der Waals surface area (Å²) in [5.74, 6) is 5.80. The molecule has 0 fully saturated rings. The van der Waals surface area contributed by atoms with Crippen LogP contribution in [0.15, 0.2) is 54.6 Å². The van der Waals surface area contributed by atoms with Gasteiger partial charge in [0.25, 0.3) is 0 Å². The molecule has 0 unspecified atom stereocenters. The highest BCUT2D eigenvalue weighted by Crippen LogP contribution is 2.08. The van der Waals surface area contributed by atoms with E-state index in [1.54, 1.807) is 0 Å². The summed E-state index contributed by atoms with van der Waals surface area (Å²) in [6.45, 7) is 0.443. The van der Waals surface area contributed by atoms with Crippen LogP contribution < -0.4 is 16.4 Å². The molecule has 122 valence electrons. The van der Waals surface area contributed by atoms with Gasteiger partial charge in [-0.3, -0.25) is 0 Å². The maximum Gasteiger partial charge on any atom is 0.408 e. The average Bonchev–Trinajstić information content (AvgIpc) is 2.59. The Kier molecular flexibility index (Phi) is 6.62. The first-order valence-corrected chi connectivity index (χ1v) is 7.64. The summed E-state index contributed by atoms with van der Waals surface area (Å²) in [7, 11) is 0. The number of carbonyl (C=O) groups is 1. The molecule has 0 saturated carbocycles. The maximum atomic E-state index is 11.5. The van der Waals surface area contributed by atoms with Gasteiger partial charge >= 0.3 is 6.09 Å². The minimum atomic E-state index is -0.496. The maximum absolute atomic E-state index is 11.5. The molecule has 1 amide bonds. The molecule has 4 N–H and O–H groups in total. The summed E-state index contributed by atoms with van der Waals surface area (Å²) < 4.78 is 5.08. The molecule has 2 aromatic rings. The molecule has 2 rings (SSSR count). The van der Waals surface area contributed by atoms with Crippen LogP contribution >= 0.6 is 12.2 Å². The van der Waals surface area contributed by atoms with Gasteiger partial charge in [0.05, 0.1) is 6.54 Å². The normalized spacial score (nSPS) is 9.33. The first-order valence-electron chi connectivity index (χ1n) is 7.23. The Morgan fingerprint density at radius 1 is 1.12 bits per heavy atom. The quantitative estimate of drug-likeness (QED) is 0.590. The van der Waals surface area contributed by atoms with Gasteiger partial charge in [0.15, 0.2) is 5.11 Å². The van der Waals surface area contributed by atoms with Gasteiger partial charge in [-0.25, -0.2) is 4.79 Å². The molecule has 2 aromatic carbocycles. The molecule has 0 radical (unpaired) electrons. The molecule has 5 nitrogen and oxygen atoms in total. The zero-order valence-corrected chi connectivity index (χ0v) is 13.7. The molecule has 0 atom stereocenters. The second kappa shape index (κ2) is 9.18. The molecule has 0 aliphatic carbocycles. The first-order chi connectivity index (χ1) is 11.6. The van der Waals surface area contributed by atoms with Crippen molar-refractivity contribution in [3.8, 4) is 11.8 Å². The van der Waals surface area contributed by atoms with Crippen LogP contribution in [-0.4, -0.2) is 17.8 Å². The topological polar surface area (TPSA) is 76.4 Å². The van der Waals surface area contributed by atoms with E-state index in [1.807, 2.05) is 54.6 Å². The van der Waals surface area contributed by atoms with E-state index in [-0.39, 0.29) is 18.3 Å². The van der Waals surface area contributed by atoms with E-state index in [9.17, 15) is 4.79 Å². The molecular weight excluding hydrogens is 322 g/mol. The summed E-state index contributed by atoms with van der Waals surface area (Å²) in [5.41, 5.74) is 7.95. The van der Waals surface area contributed by atoms with Crippen molar-refractivity contribution in [2.24, 2.45) is 5.73 Å². The Hall–Kier alpha value is -3.04. The van der Waals surface area contributed by atoms with Gasteiger partial charge in [0.2, 0.25) is 0 Å². The smallest absolute Gasteiger partial charge is 0.408 e. The third-order valence-electron chi connectivity index (χ3n) is 2.92. The number of rotatable bonds is 4. The lowest BCUT2D eigenvalue weighted by Gasteiger charge is -2.04. The number of ether oxygens (including phenoxy) is 1. The van der Waals surface area contributed by atoms with Crippen LogP contribution in [0.25, 0.3) is 0 Å². The van der Waals surface area contributed by atoms with Crippen molar-refractivity contribution in [3.05, 3.63) is 65.7 Å². The van der Waals surface area contributed by atoms with Crippen molar-refractivity contribution in [2.75, 3.05) is 11.9 Å². The van der Waals surface area contributed by atoms with E-state index >= 15 is 0 Å². The summed E-state index contributed by atoms with van der Waals surface area (Å²) in [5, 5.41) is 5.62. The highest BCUT2D eigenvalue weighted by atomic mass is 32.1. The molecule has 24 heavy (non-hydrogen) atoms. The predicted molar refractivity (Wildman–Crippen MR) is 98.4 cm³/mol. The lowest BCUT2D eigenvalue weighted by atomic mass is 10.2. The van der Waals surface area contributed by atoms with Gasteiger partial charge < -0.3 is 21.1 Å². The fourth-order valence-electron chi connectivity index (χ4n) is 1.82. The first kappa shape index (κ1) is 17.3. The zero-order valence-electron chi connectivity index (χ0n) is 12.9. The van der Waals surface area contributed by atoms with Crippen molar-refractivity contribution in [3.63, 3.8) is 0 Å². The third kappa shape index (κ3) is 6.38. The third-order valence-corrected chi connectivity index (χ3v) is 3.02. The Morgan fingerprint density at radius 2 is 1.83 bits per heavy atom. The number of nitrogens with two attached hydrogens (primary N) is 1. The fraction of sp³-hybridized carbons (Fsp3) is 0.111. The molecule has 0 aromatic heterocycles. The van der Waals surface area contributed by atoms with Crippen molar-refractivity contribution < 1.29 is 9.53 Å². The highest BCUT2D eigenvalue weighted by Gasteiger charge is 2.00. The number of carbonyl (C=O) groups excluding carboxylic acids is 1. The van der Waals surface area contributed by atoms with Crippen molar-refractivity contribution in [1.29, 1.82) is 0 Å². The molecule has 0 spiro atoms. The monoisotopic (exact) mass is 339 g/mol. The zero-order chi connectivity index (χ0) is 17.2. The van der Waals surface area contributed by atoms with Gasteiger partial charge in [-0.1, -0.05) is 42.2 Å². The van der Waals surface area contributed by atoms with Crippen LogP contribution in [0.4, 0.5) is 10.5 Å². The number of hydrogen-bond acceptors (Lipinski definition) is 3. The summed E-state index contributed by atoms with van der Waals surface area (Å²) >= 11 is 4.76. The molecule has 0 bridgehead atoms. The van der Waals surface area contributed by atoms with Gasteiger partial charge in [-0.15, -0.1) is 0 Å². The molecule has 0 saturated heterocycles. The predicted octanol–water partition coefficient (Wildman–Crippen LogP) is 2.62. The van der Waals surface area contributed by atoms with Crippen LogP contribution in [0.5, 0.6) is 0 Å². The fourth-order valence-corrected chi connectivity index (χ4v) is 1.93. The van der Waals surface area contributed by atoms with E-state index in [2.05, 4.69) is 22.5 Å². The average molecular weight is 339 g/mol. The number of hydrogen-bond donors (Lipinski definition) is 3. The number of anilines is 1. The Bertz CT molecular complexity index is 749. The highest BCUT2D eigenvalue weighted by molar-refractivity contribution is 7.80. The SMILES string of the molecule is NC(=S)Nc1ccc(C#CCNC(=O)OCc2ccccc2)cc1. The molecular formula is C18H17N3O2S. The van der Waals surface area contributed by atoms with Crippen molar-refractivity contribution in [2.45, 2.75) is 6.61 Å². The Balaban J connectivity index is 1.73. The van der Waals surface area contributed by atoms with Gasteiger partial charge in [0.1, 0.15) is 6.61 Å². The number of alkyl carbamates (subject to hydrolysis) is 1. The number of nitrogens with one attached hydrogen (secondary N) is 2. The molecule has 0 aliphatic rings. The van der Waals surface area contributed by atoms with E-state index in [1.165, 1.54) is 0 Å². The molecule has 6 heteroatoms. The lowest BCUT2D eigenvalue weighted by Crippen LogP contribution is -2.24. The summed E-state index contributed by atoms with van der Waals surface area (Å²) in [6.07, 6.45) is -0.496. The van der Waals surface area contributed by atoms with E-state index < -0.39 is 6.09 Å².